The van der Waals surface area contributed by atoms with E-state index in [1.54, 1.807) is 0 Å². The molecule has 2 aliphatic rings. The number of sulfonamides is 1. The second kappa shape index (κ2) is 9.10. The zero-order valence-electron chi connectivity index (χ0n) is 19.0. The Morgan fingerprint density at radius 1 is 1.06 bits per heavy atom. The van der Waals surface area contributed by atoms with Crippen LogP contribution < -0.4 is 4.74 Å². The highest BCUT2D eigenvalue weighted by atomic mass is 35.5. The highest BCUT2D eigenvalue weighted by molar-refractivity contribution is 7.92. The minimum absolute atomic E-state index is 0.169. The molecular weight excluding hydrogens is 524 g/mol. The number of fused-ring (bicyclic) bond motifs is 3. The molecule has 1 heterocycles. The molecule has 3 atom stereocenters. The van der Waals surface area contributed by atoms with E-state index in [1.807, 2.05) is 0 Å². The Hall–Kier alpha value is -2.08. The molecule has 0 bridgehead atoms. The topological polar surface area (TPSA) is 97.8 Å². The van der Waals surface area contributed by atoms with Crippen LogP contribution >= 0.6 is 11.6 Å². The fourth-order valence-electron chi connectivity index (χ4n) is 5.14. The molecule has 12 heteroatoms. The lowest BCUT2D eigenvalue weighted by molar-refractivity contribution is -0.129. The first kappa shape index (κ1) is 26.0. The normalized spacial score (nSPS) is 24.6. The van der Waals surface area contributed by atoms with Crippen molar-refractivity contribution in [3.63, 3.8) is 0 Å². The first-order valence-electron chi connectivity index (χ1n) is 10.9. The molecule has 2 aromatic carbocycles. The molecule has 190 valence electrons. The van der Waals surface area contributed by atoms with Crippen LogP contribution in [-0.2, 0) is 29.4 Å². The smallest absolute Gasteiger partial charge is 0.213 e. The number of carbonyl (C=O) groups excluding carboxylic acids is 1. The molecule has 0 unspecified atom stereocenters. The number of Topliss-reactive ketones (excluding diaryl/α,β-unsaturated/α-hetero) is 1. The number of hydrogen-bond donors (Lipinski definition) is 0. The molecule has 4 rings (SSSR count). The van der Waals surface area contributed by atoms with Crippen molar-refractivity contribution < 1.29 is 35.1 Å². The zero-order valence-corrected chi connectivity index (χ0v) is 21.4. The standard InChI is InChI=1S/C23H24ClF2NO6S2/c1-27(2)34(29,30)12-10-16-17-13-33-22-19(26)8-7-18(25)21(22)23(17,11-9-20(16)28)35(31,32)15-5-3-14(24)4-6-15/h3-8,16-17H,9-13H2,1-2H3/t16-,17-,23-/m1/s1. The van der Waals surface area contributed by atoms with Crippen LogP contribution in [0.4, 0.5) is 8.78 Å². The van der Waals surface area contributed by atoms with Crippen LogP contribution in [0.1, 0.15) is 24.8 Å². The van der Waals surface area contributed by atoms with Gasteiger partial charge >= 0.3 is 0 Å². The van der Waals surface area contributed by atoms with E-state index in [1.165, 1.54) is 38.4 Å². The summed E-state index contributed by atoms with van der Waals surface area (Å²) in [7, 11) is -5.44. The van der Waals surface area contributed by atoms with Gasteiger partial charge in [-0.3, -0.25) is 4.79 Å². The largest absolute Gasteiger partial charge is 0.490 e. The van der Waals surface area contributed by atoms with Gasteiger partial charge in [0.1, 0.15) is 16.3 Å². The molecule has 0 amide bonds. The van der Waals surface area contributed by atoms with Crippen LogP contribution in [0, 0.1) is 23.5 Å². The lowest BCUT2D eigenvalue weighted by atomic mass is 9.66. The van der Waals surface area contributed by atoms with Gasteiger partial charge in [0.15, 0.2) is 21.4 Å². The Labute approximate surface area is 208 Å². The summed E-state index contributed by atoms with van der Waals surface area (Å²) >= 11 is 5.93. The van der Waals surface area contributed by atoms with Gasteiger partial charge in [0.2, 0.25) is 10.0 Å². The first-order valence-corrected chi connectivity index (χ1v) is 14.3. The second-order valence-electron chi connectivity index (χ2n) is 8.96. The molecule has 1 aliphatic carbocycles. The van der Waals surface area contributed by atoms with Crippen LogP contribution in [0.5, 0.6) is 5.75 Å². The highest BCUT2D eigenvalue weighted by Crippen LogP contribution is 2.57. The molecule has 0 N–H and O–H groups in total. The minimum atomic E-state index is -4.44. The molecule has 0 aromatic heterocycles. The number of ketones is 1. The molecule has 1 aliphatic heterocycles. The predicted octanol–water partition coefficient (Wildman–Crippen LogP) is 3.56. The van der Waals surface area contributed by atoms with E-state index in [0.717, 1.165) is 16.4 Å². The summed E-state index contributed by atoms with van der Waals surface area (Å²) < 4.78 is 87.8. The summed E-state index contributed by atoms with van der Waals surface area (Å²) in [4.78, 5) is 12.8. The van der Waals surface area contributed by atoms with Gasteiger partial charge in [-0.05, 0) is 49.2 Å². The van der Waals surface area contributed by atoms with Crippen LogP contribution in [-0.4, -0.2) is 53.4 Å². The fourth-order valence-corrected chi connectivity index (χ4v) is 8.56. The summed E-state index contributed by atoms with van der Waals surface area (Å²) in [6.07, 6.45) is -0.724. The summed E-state index contributed by atoms with van der Waals surface area (Å²) in [5.41, 5.74) is -0.461. The molecule has 2 aromatic rings. The van der Waals surface area contributed by atoms with Gasteiger partial charge in [-0.1, -0.05) is 11.6 Å². The molecule has 1 saturated carbocycles. The van der Waals surface area contributed by atoms with E-state index < -0.39 is 71.8 Å². The Morgan fingerprint density at radius 3 is 2.31 bits per heavy atom. The summed E-state index contributed by atoms with van der Waals surface area (Å²) in [5.74, 6) is -5.35. The third kappa shape index (κ3) is 4.16. The van der Waals surface area contributed by atoms with E-state index in [9.17, 15) is 26.0 Å². The van der Waals surface area contributed by atoms with Gasteiger partial charge in [-0.15, -0.1) is 0 Å². The third-order valence-electron chi connectivity index (χ3n) is 6.98. The van der Waals surface area contributed by atoms with E-state index in [4.69, 9.17) is 16.3 Å². The maximum absolute atomic E-state index is 15.4. The van der Waals surface area contributed by atoms with Gasteiger partial charge in [-0.25, -0.2) is 29.9 Å². The number of halogens is 3. The van der Waals surface area contributed by atoms with Gasteiger partial charge in [0.25, 0.3) is 0 Å². The SMILES string of the molecule is CN(C)S(=O)(=O)CC[C@H]1C(=O)CC[C@]2(S(=O)(=O)c3ccc(Cl)cc3)c3c(F)ccc(F)c3OC[C@H]12. The van der Waals surface area contributed by atoms with Gasteiger partial charge in [0, 0.05) is 37.4 Å². The predicted molar refractivity (Wildman–Crippen MR) is 125 cm³/mol. The van der Waals surface area contributed by atoms with Crippen LogP contribution in [0.15, 0.2) is 41.3 Å². The average Bonchev–Trinajstić information content (AvgIpc) is 2.80. The maximum Gasteiger partial charge on any atom is 0.213 e. The van der Waals surface area contributed by atoms with Gasteiger partial charge < -0.3 is 4.74 Å². The van der Waals surface area contributed by atoms with Crippen LogP contribution in [0.3, 0.4) is 0 Å². The molecule has 35 heavy (non-hydrogen) atoms. The molecule has 0 saturated heterocycles. The van der Waals surface area contributed by atoms with Crippen molar-refractivity contribution in [3.8, 4) is 5.75 Å². The van der Waals surface area contributed by atoms with E-state index in [2.05, 4.69) is 0 Å². The first-order chi connectivity index (χ1) is 16.3. The lowest BCUT2D eigenvalue weighted by Crippen LogP contribution is -2.56. The Morgan fingerprint density at radius 2 is 1.69 bits per heavy atom. The van der Waals surface area contributed by atoms with E-state index in [-0.39, 0.29) is 35.0 Å². The number of nitrogens with zero attached hydrogens (tertiary/aromatic N) is 1. The number of ether oxygens (including phenoxy) is 1. The van der Waals surface area contributed by atoms with Crippen molar-refractivity contribution >= 4 is 37.2 Å². The Bertz CT molecular complexity index is 1380. The number of carbonyl (C=O) groups is 1. The van der Waals surface area contributed by atoms with Crippen LogP contribution in [0.2, 0.25) is 5.02 Å². The van der Waals surface area contributed by atoms with E-state index in [0.29, 0.717) is 0 Å². The monoisotopic (exact) mass is 547 g/mol. The summed E-state index contributed by atoms with van der Waals surface area (Å²) in [6.45, 7) is -0.390. The Balaban J connectivity index is 1.94. The molecule has 1 fully saturated rings. The molecule has 0 radical (unpaired) electrons. The number of benzene rings is 2. The van der Waals surface area contributed by atoms with E-state index >= 15 is 4.39 Å². The number of rotatable bonds is 6. The minimum Gasteiger partial charge on any atom is -0.490 e. The fraction of sp³-hybridized carbons (Fsp3) is 0.435. The van der Waals surface area contributed by atoms with Gasteiger partial charge in [-0.2, -0.15) is 0 Å². The Kier molecular flexibility index (Phi) is 6.76. The molecular formula is C23H24ClF2NO6S2. The number of sulfone groups is 1. The molecule has 0 spiro atoms. The van der Waals surface area contributed by atoms with Crippen molar-refractivity contribution in [2.75, 3.05) is 26.5 Å². The van der Waals surface area contributed by atoms with Gasteiger partial charge in [0.05, 0.1) is 22.8 Å². The number of hydrogen-bond acceptors (Lipinski definition) is 6. The van der Waals surface area contributed by atoms with Crippen molar-refractivity contribution in [1.82, 2.24) is 4.31 Å². The van der Waals surface area contributed by atoms with Crippen molar-refractivity contribution in [2.24, 2.45) is 11.8 Å². The van der Waals surface area contributed by atoms with Crippen molar-refractivity contribution in [3.05, 3.63) is 58.6 Å². The summed E-state index contributed by atoms with van der Waals surface area (Å²) in [5, 5.41) is 0.285. The average molecular weight is 548 g/mol. The van der Waals surface area contributed by atoms with Crippen molar-refractivity contribution in [1.29, 1.82) is 0 Å². The molecule has 7 nitrogen and oxygen atoms in total. The second-order valence-corrected chi connectivity index (χ2v) is 13.9. The van der Waals surface area contributed by atoms with Crippen LogP contribution in [0.25, 0.3) is 0 Å². The highest BCUT2D eigenvalue weighted by Gasteiger charge is 2.62. The maximum atomic E-state index is 15.4. The van der Waals surface area contributed by atoms with Crippen molar-refractivity contribution in [2.45, 2.75) is 28.9 Å². The zero-order chi connectivity index (χ0) is 25.8. The summed E-state index contributed by atoms with van der Waals surface area (Å²) in [6, 6.07) is 6.98. The quantitative estimate of drug-likeness (QED) is 0.548. The lowest BCUT2D eigenvalue weighted by Gasteiger charge is -2.49. The third-order valence-corrected chi connectivity index (χ3v) is 11.7.